The van der Waals surface area contributed by atoms with E-state index in [-0.39, 0.29) is 6.04 Å². The Hall–Kier alpha value is -1.95. The molecule has 1 aliphatic heterocycles. The summed E-state index contributed by atoms with van der Waals surface area (Å²) in [5.41, 5.74) is 6.85. The molecule has 0 radical (unpaired) electrons. The first-order valence-corrected chi connectivity index (χ1v) is 7.06. The maximum absolute atomic E-state index is 6.00. The fourth-order valence-electron chi connectivity index (χ4n) is 2.43. The van der Waals surface area contributed by atoms with Crippen molar-refractivity contribution in [3.05, 3.63) is 24.2 Å². The third-order valence-corrected chi connectivity index (χ3v) is 3.56. The molecule has 3 rings (SSSR count). The van der Waals surface area contributed by atoms with Crippen molar-refractivity contribution < 1.29 is 4.52 Å². The van der Waals surface area contributed by atoms with Gasteiger partial charge >= 0.3 is 0 Å². The zero-order chi connectivity index (χ0) is 13.9. The van der Waals surface area contributed by atoms with Crippen molar-refractivity contribution in [2.75, 3.05) is 18.0 Å². The molecule has 2 aromatic rings. The van der Waals surface area contributed by atoms with Gasteiger partial charge in [0.05, 0.1) is 5.56 Å². The SMILES string of the molecule is CCc1noc(-c2ccc(N3CCCC(N)C3)nc2)n1. The molecule has 0 aliphatic carbocycles. The minimum Gasteiger partial charge on any atom is -0.355 e. The molecule has 3 heterocycles. The summed E-state index contributed by atoms with van der Waals surface area (Å²) in [5, 5.41) is 3.89. The van der Waals surface area contributed by atoms with E-state index in [1.165, 1.54) is 0 Å². The maximum Gasteiger partial charge on any atom is 0.259 e. The van der Waals surface area contributed by atoms with Crippen LogP contribution in [-0.4, -0.2) is 34.3 Å². The summed E-state index contributed by atoms with van der Waals surface area (Å²) < 4.78 is 5.21. The summed E-state index contributed by atoms with van der Waals surface area (Å²) in [7, 11) is 0. The molecule has 1 fully saturated rings. The lowest BCUT2D eigenvalue weighted by Crippen LogP contribution is -2.43. The van der Waals surface area contributed by atoms with Gasteiger partial charge in [0.1, 0.15) is 5.82 Å². The van der Waals surface area contributed by atoms with Crippen molar-refractivity contribution in [3.8, 4) is 11.5 Å². The van der Waals surface area contributed by atoms with Crippen molar-refractivity contribution in [3.63, 3.8) is 0 Å². The van der Waals surface area contributed by atoms with Gasteiger partial charge in [-0.3, -0.25) is 0 Å². The molecule has 0 aromatic carbocycles. The molecule has 2 aromatic heterocycles. The second-order valence-corrected chi connectivity index (χ2v) is 5.12. The molecule has 20 heavy (non-hydrogen) atoms. The van der Waals surface area contributed by atoms with Crippen LogP contribution < -0.4 is 10.6 Å². The summed E-state index contributed by atoms with van der Waals surface area (Å²) in [6, 6.07) is 4.20. The van der Waals surface area contributed by atoms with Crippen LogP contribution >= 0.6 is 0 Å². The Balaban J connectivity index is 1.77. The van der Waals surface area contributed by atoms with Crippen LogP contribution in [0.25, 0.3) is 11.5 Å². The highest BCUT2D eigenvalue weighted by atomic mass is 16.5. The van der Waals surface area contributed by atoms with Crippen molar-refractivity contribution in [1.82, 2.24) is 15.1 Å². The van der Waals surface area contributed by atoms with Gasteiger partial charge in [-0.05, 0) is 25.0 Å². The molecular weight excluding hydrogens is 254 g/mol. The predicted octanol–water partition coefficient (Wildman–Crippen LogP) is 1.62. The molecule has 1 unspecified atom stereocenters. The number of anilines is 1. The van der Waals surface area contributed by atoms with Crippen molar-refractivity contribution in [1.29, 1.82) is 0 Å². The molecule has 2 N–H and O–H groups in total. The van der Waals surface area contributed by atoms with Crippen LogP contribution in [0.5, 0.6) is 0 Å². The Bertz CT molecular complexity index is 565. The van der Waals surface area contributed by atoms with Gasteiger partial charge in [-0.15, -0.1) is 0 Å². The number of pyridine rings is 1. The number of aryl methyl sites for hydroxylation is 1. The van der Waals surface area contributed by atoms with E-state index in [1.54, 1.807) is 6.20 Å². The van der Waals surface area contributed by atoms with E-state index < -0.39 is 0 Å². The summed E-state index contributed by atoms with van der Waals surface area (Å²) in [6.07, 6.45) is 4.76. The van der Waals surface area contributed by atoms with Crippen LogP contribution in [0.2, 0.25) is 0 Å². The van der Waals surface area contributed by atoms with E-state index in [0.717, 1.165) is 43.7 Å². The van der Waals surface area contributed by atoms with E-state index in [2.05, 4.69) is 20.0 Å². The van der Waals surface area contributed by atoms with Gasteiger partial charge in [-0.25, -0.2) is 4.98 Å². The van der Waals surface area contributed by atoms with Crippen LogP contribution in [0.1, 0.15) is 25.6 Å². The van der Waals surface area contributed by atoms with Gasteiger partial charge in [0.25, 0.3) is 5.89 Å². The number of nitrogens with two attached hydrogens (primary N) is 1. The number of aromatic nitrogens is 3. The Morgan fingerprint density at radius 3 is 3.00 bits per heavy atom. The normalized spacial score (nSPS) is 19.3. The number of hydrogen-bond acceptors (Lipinski definition) is 6. The second kappa shape index (κ2) is 5.58. The Morgan fingerprint density at radius 1 is 1.45 bits per heavy atom. The van der Waals surface area contributed by atoms with Crippen LogP contribution in [0, 0.1) is 0 Å². The summed E-state index contributed by atoms with van der Waals surface area (Å²) in [6.45, 7) is 3.88. The lowest BCUT2D eigenvalue weighted by Gasteiger charge is -2.31. The number of piperidine rings is 1. The molecule has 106 valence electrons. The molecule has 1 aliphatic rings. The Kier molecular flexibility index (Phi) is 3.64. The van der Waals surface area contributed by atoms with Crippen LogP contribution in [0.3, 0.4) is 0 Å². The molecular formula is C14H19N5O. The molecule has 6 nitrogen and oxygen atoms in total. The molecule has 0 saturated carbocycles. The molecule has 6 heteroatoms. The summed E-state index contributed by atoms with van der Waals surface area (Å²) in [5.74, 6) is 2.20. The third-order valence-electron chi connectivity index (χ3n) is 3.56. The van der Waals surface area contributed by atoms with Crippen LogP contribution in [0.4, 0.5) is 5.82 Å². The van der Waals surface area contributed by atoms with E-state index in [4.69, 9.17) is 10.3 Å². The Morgan fingerprint density at radius 2 is 2.35 bits per heavy atom. The standard InChI is InChI=1S/C14H19N5O/c1-2-12-17-14(20-18-12)10-5-6-13(16-8-10)19-7-3-4-11(15)9-19/h5-6,8,11H,2-4,7,9,15H2,1H3. The number of nitrogens with zero attached hydrogens (tertiary/aromatic N) is 4. The third kappa shape index (κ3) is 2.65. The first-order valence-electron chi connectivity index (χ1n) is 7.06. The zero-order valence-corrected chi connectivity index (χ0v) is 11.6. The average molecular weight is 273 g/mol. The van der Waals surface area contributed by atoms with Crippen LogP contribution in [0.15, 0.2) is 22.9 Å². The van der Waals surface area contributed by atoms with Gasteiger partial charge in [-0.1, -0.05) is 12.1 Å². The van der Waals surface area contributed by atoms with E-state index >= 15 is 0 Å². The molecule has 1 saturated heterocycles. The quantitative estimate of drug-likeness (QED) is 0.915. The summed E-state index contributed by atoms with van der Waals surface area (Å²) in [4.78, 5) is 11.0. The molecule has 0 bridgehead atoms. The highest BCUT2D eigenvalue weighted by Gasteiger charge is 2.18. The highest BCUT2D eigenvalue weighted by molar-refractivity contribution is 5.54. The highest BCUT2D eigenvalue weighted by Crippen LogP contribution is 2.21. The lowest BCUT2D eigenvalue weighted by molar-refractivity contribution is 0.423. The van der Waals surface area contributed by atoms with Gasteiger partial charge < -0.3 is 15.2 Å². The Labute approximate surface area is 118 Å². The lowest BCUT2D eigenvalue weighted by atomic mass is 10.1. The fourth-order valence-corrected chi connectivity index (χ4v) is 2.43. The molecule has 0 spiro atoms. The first-order chi connectivity index (χ1) is 9.76. The van der Waals surface area contributed by atoms with Gasteiger partial charge in [0.2, 0.25) is 0 Å². The topological polar surface area (TPSA) is 81.1 Å². The second-order valence-electron chi connectivity index (χ2n) is 5.12. The smallest absolute Gasteiger partial charge is 0.259 e. The largest absolute Gasteiger partial charge is 0.355 e. The zero-order valence-electron chi connectivity index (χ0n) is 11.6. The van der Waals surface area contributed by atoms with Crippen molar-refractivity contribution in [2.24, 2.45) is 5.73 Å². The summed E-state index contributed by atoms with van der Waals surface area (Å²) >= 11 is 0. The average Bonchev–Trinajstić information content (AvgIpc) is 2.96. The number of rotatable bonds is 3. The monoisotopic (exact) mass is 273 g/mol. The molecule has 0 amide bonds. The van der Waals surface area contributed by atoms with Crippen molar-refractivity contribution in [2.45, 2.75) is 32.2 Å². The maximum atomic E-state index is 6.00. The minimum absolute atomic E-state index is 0.244. The van der Waals surface area contributed by atoms with E-state index in [1.807, 2.05) is 19.1 Å². The van der Waals surface area contributed by atoms with Gasteiger partial charge in [0.15, 0.2) is 5.82 Å². The van der Waals surface area contributed by atoms with Crippen LogP contribution in [-0.2, 0) is 6.42 Å². The van der Waals surface area contributed by atoms with Crippen molar-refractivity contribution >= 4 is 5.82 Å². The van der Waals surface area contributed by atoms with E-state index in [9.17, 15) is 0 Å². The number of hydrogen-bond donors (Lipinski definition) is 1. The first kappa shape index (κ1) is 13.1. The van der Waals surface area contributed by atoms with Gasteiger partial charge in [0, 0.05) is 31.7 Å². The minimum atomic E-state index is 0.244. The van der Waals surface area contributed by atoms with E-state index in [0.29, 0.717) is 11.7 Å². The predicted molar refractivity (Wildman–Crippen MR) is 76.3 cm³/mol. The fraction of sp³-hybridized carbons (Fsp3) is 0.500. The van der Waals surface area contributed by atoms with Gasteiger partial charge in [-0.2, -0.15) is 4.98 Å². The molecule has 1 atom stereocenters.